The Kier molecular flexibility index (Phi) is 5.87. The lowest BCUT2D eigenvalue weighted by atomic mass is 9.90. The summed E-state index contributed by atoms with van der Waals surface area (Å²) in [5, 5.41) is 11.5. The first kappa shape index (κ1) is 18.7. The van der Waals surface area contributed by atoms with Crippen LogP contribution in [0.25, 0.3) is 0 Å². The maximum Gasteiger partial charge on any atom is 0.311 e. The number of hydrogen-bond acceptors (Lipinski definition) is 4. The summed E-state index contributed by atoms with van der Waals surface area (Å²) in [5.41, 5.74) is 4.67. The average molecular weight is 362 g/mol. The summed E-state index contributed by atoms with van der Waals surface area (Å²) in [6.45, 7) is 1.55. The number of benzene rings is 2. The third kappa shape index (κ3) is 4.95. The summed E-state index contributed by atoms with van der Waals surface area (Å²) in [5.74, 6) is -0.827. The summed E-state index contributed by atoms with van der Waals surface area (Å²) in [7, 11) is 0. The highest BCUT2D eigenvalue weighted by molar-refractivity contribution is 5.95. The van der Waals surface area contributed by atoms with Crippen LogP contribution in [0.5, 0.6) is 0 Å². The number of hydrogen-bond donors (Lipinski definition) is 1. The van der Waals surface area contributed by atoms with Gasteiger partial charge in [0.1, 0.15) is 0 Å². The van der Waals surface area contributed by atoms with Crippen LogP contribution in [-0.2, 0) is 33.6 Å². The van der Waals surface area contributed by atoms with E-state index in [0.717, 1.165) is 18.4 Å². The quantitative estimate of drug-likeness (QED) is 0.825. The van der Waals surface area contributed by atoms with Crippen LogP contribution in [0.2, 0.25) is 0 Å². The van der Waals surface area contributed by atoms with Crippen molar-refractivity contribution in [1.29, 1.82) is 5.26 Å². The summed E-state index contributed by atoms with van der Waals surface area (Å²) in [6, 6.07) is 14.7. The van der Waals surface area contributed by atoms with E-state index in [9.17, 15) is 9.59 Å². The molecular formula is C22H22N2O3. The maximum absolute atomic E-state index is 12.2. The Hall–Kier alpha value is -3.13. The molecule has 1 aliphatic rings. The second kappa shape index (κ2) is 8.50. The summed E-state index contributed by atoms with van der Waals surface area (Å²) in [4.78, 5) is 24.4. The van der Waals surface area contributed by atoms with E-state index < -0.39 is 18.0 Å². The van der Waals surface area contributed by atoms with E-state index in [4.69, 9.17) is 10.00 Å². The molecule has 0 bridgehead atoms. The number of esters is 1. The van der Waals surface area contributed by atoms with Crippen molar-refractivity contribution in [2.75, 3.05) is 5.32 Å². The van der Waals surface area contributed by atoms with Gasteiger partial charge in [-0.2, -0.15) is 5.26 Å². The summed E-state index contributed by atoms with van der Waals surface area (Å²) in [6.07, 6.45) is 3.83. The van der Waals surface area contributed by atoms with E-state index in [-0.39, 0.29) is 6.42 Å². The number of rotatable bonds is 5. The molecule has 2 aromatic rings. The first-order valence-electron chi connectivity index (χ1n) is 9.16. The van der Waals surface area contributed by atoms with Gasteiger partial charge in [0.05, 0.1) is 18.1 Å². The Balaban J connectivity index is 1.53. The molecule has 0 fully saturated rings. The molecule has 138 valence electrons. The first-order valence-corrected chi connectivity index (χ1v) is 9.16. The first-order chi connectivity index (χ1) is 13.0. The van der Waals surface area contributed by atoms with Crippen molar-refractivity contribution >= 4 is 17.6 Å². The largest absolute Gasteiger partial charge is 0.452 e. The third-order valence-corrected chi connectivity index (χ3v) is 4.72. The predicted molar refractivity (Wildman–Crippen MR) is 102 cm³/mol. The Morgan fingerprint density at radius 2 is 1.81 bits per heavy atom. The van der Waals surface area contributed by atoms with Gasteiger partial charge >= 0.3 is 5.97 Å². The molecular weight excluding hydrogens is 340 g/mol. The van der Waals surface area contributed by atoms with Crippen molar-refractivity contribution < 1.29 is 14.3 Å². The highest BCUT2D eigenvalue weighted by Gasteiger charge is 2.19. The molecule has 0 unspecified atom stereocenters. The molecule has 0 heterocycles. The molecule has 1 atom stereocenters. The predicted octanol–water partition coefficient (Wildman–Crippen LogP) is 3.55. The number of amides is 1. The van der Waals surface area contributed by atoms with Crippen LogP contribution < -0.4 is 5.32 Å². The van der Waals surface area contributed by atoms with Crippen molar-refractivity contribution in [1.82, 2.24) is 0 Å². The Labute approximate surface area is 159 Å². The second-order valence-corrected chi connectivity index (χ2v) is 6.80. The molecule has 0 radical (unpaired) electrons. The van der Waals surface area contributed by atoms with Crippen molar-refractivity contribution in [3.05, 3.63) is 64.7 Å². The van der Waals surface area contributed by atoms with Crippen LogP contribution in [0.1, 0.15) is 42.0 Å². The van der Waals surface area contributed by atoms with E-state index in [1.807, 2.05) is 12.1 Å². The van der Waals surface area contributed by atoms with E-state index in [0.29, 0.717) is 11.3 Å². The van der Waals surface area contributed by atoms with E-state index >= 15 is 0 Å². The van der Waals surface area contributed by atoms with Crippen molar-refractivity contribution in [2.24, 2.45) is 0 Å². The second-order valence-electron chi connectivity index (χ2n) is 6.80. The van der Waals surface area contributed by atoms with Gasteiger partial charge in [0.15, 0.2) is 6.10 Å². The number of anilines is 1. The molecule has 1 aliphatic carbocycles. The van der Waals surface area contributed by atoms with E-state index in [1.165, 1.54) is 24.0 Å². The zero-order chi connectivity index (χ0) is 19.2. The van der Waals surface area contributed by atoms with Gasteiger partial charge in [0.2, 0.25) is 0 Å². The lowest BCUT2D eigenvalue weighted by Gasteiger charge is -2.17. The van der Waals surface area contributed by atoms with Crippen LogP contribution in [0.15, 0.2) is 42.5 Å². The molecule has 27 heavy (non-hydrogen) atoms. The molecule has 0 saturated heterocycles. The topological polar surface area (TPSA) is 79.2 Å². The molecule has 1 N–H and O–H groups in total. The number of ether oxygens (including phenoxy) is 1. The van der Waals surface area contributed by atoms with E-state index in [1.54, 1.807) is 31.2 Å². The zero-order valence-corrected chi connectivity index (χ0v) is 15.3. The van der Waals surface area contributed by atoms with Crippen molar-refractivity contribution in [3.63, 3.8) is 0 Å². The number of carbonyl (C=O) groups excluding carboxylic acids is 2. The number of carbonyl (C=O) groups is 2. The normalized spacial score (nSPS) is 13.8. The minimum absolute atomic E-state index is 0.155. The zero-order valence-electron chi connectivity index (χ0n) is 15.3. The fourth-order valence-electron chi connectivity index (χ4n) is 3.23. The number of nitrogens with zero attached hydrogens (tertiary/aromatic N) is 1. The Morgan fingerprint density at radius 3 is 2.52 bits per heavy atom. The molecule has 1 amide bonds. The minimum atomic E-state index is -0.897. The highest BCUT2D eigenvalue weighted by Crippen LogP contribution is 2.22. The van der Waals surface area contributed by atoms with Crippen molar-refractivity contribution in [2.45, 2.75) is 45.1 Å². The van der Waals surface area contributed by atoms with Crippen LogP contribution in [0.3, 0.4) is 0 Å². The van der Waals surface area contributed by atoms with Crippen molar-refractivity contribution in [3.8, 4) is 6.07 Å². The molecule has 0 aromatic heterocycles. The number of fused-ring (bicyclic) bond motifs is 1. The third-order valence-electron chi connectivity index (χ3n) is 4.72. The maximum atomic E-state index is 12.2. The van der Waals surface area contributed by atoms with Gasteiger partial charge < -0.3 is 10.1 Å². The van der Waals surface area contributed by atoms with Crippen LogP contribution >= 0.6 is 0 Å². The Bertz CT molecular complexity index is 881. The lowest BCUT2D eigenvalue weighted by molar-refractivity contribution is -0.152. The monoisotopic (exact) mass is 362 g/mol. The standard InChI is InChI=1S/C22H22N2O3/c1-15(22(26)24-20-10-7-16(14-23)8-11-20)27-21(25)13-17-6-9-18-4-2-3-5-19(18)12-17/h6-12,15H,2-5,13H2,1H3,(H,24,26)/t15-/m1/s1. The number of nitriles is 1. The van der Waals surface area contributed by atoms with Gasteiger partial charge in [0, 0.05) is 5.69 Å². The Morgan fingerprint density at radius 1 is 1.11 bits per heavy atom. The molecule has 5 nitrogen and oxygen atoms in total. The fraction of sp³-hybridized carbons (Fsp3) is 0.318. The van der Waals surface area contributed by atoms with Gasteiger partial charge in [-0.05, 0) is 73.6 Å². The van der Waals surface area contributed by atoms with Crippen LogP contribution in [0.4, 0.5) is 5.69 Å². The molecule has 2 aromatic carbocycles. The molecule has 0 spiro atoms. The lowest BCUT2D eigenvalue weighted by Crippen LogP contribution is -2.30. The number of aryl methyl sites for hydroxylation is 2. The van der Waals surface area contributed by atoms with Gasteiger partial charge in [-0.25, -0.2) is 0 Å². The van der Waals surface area contributed by atoms with Crippen LogP contribution in [0, 0.1) is 11.3 Å². The molecule has 3 rings (SSSR count). The van der Waals surface area contributed by atoms with Gasteiger partial charge in [-0.3, -0.25) is 9.59 Å². The number of nitrogens with one attached hydrogen (secondary N) is 1. The van der Waals surface area contributed by atoms with Gasteiger partial charge in [-0.1, -0.05) is 18.2 Å². The molecule has 0 aliphatic heterocycles. The van der Waals surface area contributed by atoms with Crippen LogP contribution in [-0.4, -0.2) is 18.0 Å². The van der Waals surface area contributed by atoms with E-state index in [2.05, 4.69) is 17.4 Å². The van der Waals surface area contributed by atoms with Gasteiger partial charge in [-0.15, -0.1) is 0 Å². The molecule has 0 saturated carbocycles. The minimum Gasteiger partial charge on any atom is -0.452 e. The fourth-order valence-corrected chi connectivity index (χ4v) is 3.23. The smallest absolute Gasteiger partial charge is 0.311 e. The summed E-state index contributed by atoms with van der Waals surface area (Å²) < 4.78 is 5.27. The van der Waals surface area contributed by atoms with Gasteiger partial charge in [0.25, 0.3) is 5.91 Å². The average Bonchev–Trinajstić information content (AvgIpc) is 2.68. The summed E-state index contributed by atoms with van der Waals surface area (Å²) >= 11 is 0. The SMILES string of the molecule is C[C@@H](OC(=O)Cc1ccc2c(c1)CCCC2)C(=O)Nc1ccc(C#N)cc1. The molecule has 5 heteroatoms. The highest BCUT2D eigenvalue weighted by atomic mass is 16.5.